The quantitative estimate of drug-likeness (QED) is 0.116. The molecule has 2 rings (SSSR count). The van der Waals surface area contributed by atoms with E-state index in [9.17, 15) is 14.2 Å². The lowest BCUT2D eigenvalue weighted by Crippen LogP contribution is -2.35. The predicted octanol–water partition coefficient (Wildman–Crippen LogP) is 5.84. The number of nitrogens with zero attached hydrogens (tertiary/aromatic N) is 1. The Morgan fingerprint density at radius 1 is 0.905 bits per heavy atom. The van der Waals surface area contributed by atoms with Crippen LogP contribution in [0.15, 0.2) is 48.5 Å². The first kappa shape index (κ1) is 36.2. The van der Waals surface area contributed by atoms with Crippen LogP contribution in [0.4, 0.5) is 0 Å². The van der Waals surface area contributed by atoms with E-state index < -0.39 is 41.7 Å². The summed E-state index contributed by atoms with van der Waals surface area (Å²) in [7, 11) is 3.32. The third kappa shape index (κ3) is 11.9. The average molecular weight is 669 g/mol. The Morgan fingerprint density at radius 2 is 1.55 bits per heavy atom. The highest BCUT2D eigenvalue weighted by atomic mass is 35.6. The number of ether oxygens (including phenoxy) is 4. The van der Waals surface area contributed by atoms with Crippen molar-refractivity contribution in [2.24, 2.45) is 0 Å². The molecular weight excluding hydrogens is 632 g/mol. The molecule has 0 aromatic heterocycles. The van der Waals surface area contributed by atoms with Gasteiger partial charge in [0.15, 0.2) is 0 Å². The number of benzene rings is 2. The third-order valence-electron chi connectivity index (χ3n) is 5.93. The van der Waals surface area contributed by atoms with E-state index in [4.69, 9.17) is 62.8 Å². The summed E-state index contributed by atoms with van der Waals surface area (Å²) < 4.78 is 42.0. The fourth-order valence-corrected chi connectivity index (χ4v) is 6.23. The zero-order valence-corrected chi connectivity index (χ0v) is 27.4. The lowest BCUT2D eigenvalue weighted by molar-refractivity contribution is -0.156. The zero-order valence-electron chi connectivity index (χ0n) is 24.2. The Balaban J connectivity index is 1.97. The van der Waals surface area contributed by atoms with Gasteiger partial charge < -0.3 is 32.9 Å². The smallest absolute Gasteiger partial charge is 0.374 e. The number of methoxy groups -OCH3 is 1. The number of rotatable bonds is 17. The van der Waals surface area contributed by atoms with E-state index in [-0.39, 0.29) is 13.0 Å². The van der Waals surface area contributed by atoms with Gasteiger partial charge >= 0.3 is 19.5 Å². The minimum Gasteiger partial charge on any atom is -0.497 e. The van der Waals surface area contributed by atoms with Crippen molar-refractivity contribution in [3.63, 3.8) is 0 Å². The van der Waals surface area contributed by atoms with Crippen LogP contribution in [0.2, 0.25) is 0 Å². The molecule has 0 amide bonds. The van der Waals surface area contributed by atoms with Crippen LogP contribution in [-0.4, -0.2) is 81.2 Å². The number of halogens is 3. The molecule has 42 heavy (non-hydrogen) atoms. The molecule has 0 heterocycles. The third-order valence-corrected chi connectivity index (χ3v) is 9.07. The van der Waals surface area contributed by atoms with Crippen molar-refractivity contribution >= 4 is 54.3 Å². The average Bonchev–Trinajstić information content (AvgIpc) is 2.95. The van der Waals surface area contributed by atoms with Crippen molar-refractivity contribution in [1.82, 2.24) is 4.90 Å². The molecule has 2 aromatic rings. The van der Waals surface area contributed by atoms with Gasteiger partial charge in [0.1, 0.15) is 24.2 Å². The molecule has 0 saturated carbocycles. The van der Waals surface area contributed by atoms with Crippen LogP contribution >= 0.6 is 42.4 Å². The maximum atomic E-state index is 12.7. The van der Waals surface area contributed by atoms with Gasteiger partial charge in [0.2, 0.25) is 9.64 Å². The van der Waals surface area contributed by atoms with Crippen LogP contribution in [0.1, 0.15) is 24.0 Å². The van der Waals surface area contributed by atoms with E-state index >= 15 is 0 Å². The van der Waals surface area contributed by atoms with Crippen LogP contribution in [-0.2, 0) is 45.5 Å². The van der Waals surface area contributed by atoms with Crippen molar-refractivity contribution in [1.29, 1.82) is 0 Å². The molecule has 0 aliphatic heterocycles. The number of carbonyl (C=O) groups is 2. The highest BCUT2D eigenvalue weighted by Gasteiger charge is 2.51. The highest BCUT2D eigenvalue weighted by molar-refractivity contribution is 7.55. The normalized spacial score (nSPS) is 13.4. The van der Waals surface area contributed by atoms with E-state index in [0.717, 1.165) is 43.9 Å². The van der Waals surface area contributed by atoms with Gasteiger partial charge in [-0.3, -0.25) is 14.2 Å². The Kier molecular flexibility index (Phi) is 14.9. The van der Waals surface area contributed by atoms with Gasteiger partial charge in [0.05, 0.1) is 20.0 Å². The molecule has 0 bridgehead atoms. The fourth-order valence-electron chi connectivity index (χ4n) is 3.88. The standard InChI is InChI=1S/C28H37Cl3NO9P/c1-32(2)18-23(40-25(33)15-16-26(34)41-27(28(29,30)31)42(35,37-4)38-5)19-39-24-12-7-6-10-21(24)14-13-20-9-8-11-22(17-20)36-3/h6-12,17,23,27H,13-16,18-19H2,1-5H3. The second kappa shape index (κ2) is 17.3. The van der Waals surface area contributed by atoms with Gasteiger partial charge in [-0.15, -0.1) is 0 Å². The maximum Gasteiger partial charge on any atom is 0.374 e. The van der Waals surface area contributed by atoms with Gasteiger partial charge in [-0.1, -0.05) is 65.1 Å². The molecule has 14 heteroatoms. The van der Waals surface area contributed by atoms with Crippen LogP contribution in [0, 0.1) is 0 Å². The summed E-state index contributed by atoms with van der Waals surface area (Å²) in [5.74, 6) is -1.98. The maximum absolute atomic E-state index is 12.7. The second-order valence-corrected chi connectivity index (χ2v) is 14.1. The van der Waals surface area contributed by atoms with E-state index in [2.05, 4.69) is 0 Å². The van der Waals surface area contributed by atoms with Crippen molar-refractivity contribution in [3.8, 4) is 11.5 Å². The van der Waals surface area contributed by atoms with Crippen molar-refractivity contribution in [3.05, 3.63) is 59.7 Å². The Labute approximate surface area is 261 Å². The van der Waals surface area contributed by atoms with Gasteiger partial charge in [0.25, 0.3) is 0 Å². The minimum absolute atomic E-state index is 0.0880. The van der Waals surface area contributed by atoms with E-state index in [1.807, 2.05) is 67.5 Å². The van der Waals surface area contributed by atoms with Crippen LogP contribution in [0.25, 0.3) is 0 Å². The Bertz CT molecular complexity index is 1200. The first-order chi connectivity index (χ1) is 19.8. The van der Waals surface area contributed by atoms with E-state index in [1.165, 1.54) is 0 Å². The molecule has 2 aromatic carbocycles. The molecule has 0 N–H and O–H groups in total. The Morgan fingerprint density at radius 3 is 2.14 bits per heavy atom. The van der Waals surface area contributed by atoms with Crippen molar-refractivity contribution < 1.29 is 42.1 Å². The number of carbonyl (C=O) groups excluding carboxylic acids is 2. The molecular formula is C28H37Cl3NO9P. The number of aryl methyl sites for hydroxylation is 2. The fraction of sp³-hybridized carbons (Fsp3) is 0.500. The molecule has 10 nitrogen and oxygen atoms in total. The number of para-hydroxylation sites is 1. The summed E-state index contributed by atoms with van der Waals surface area (Å²) in [6, 6.07) is 15.6. The van der Waals surface area contributed by atoms with Gasteiger partial charge in [-0.2, -0.15) is 0 Å². The van der Waals surface area contributed by atoms with E-state index in [1.54, 1.807) is 7.11 Å². The van der Waals surface area contributed by atoms with Crippen LogP contribution in [0.3, 0.4) is 0 Å². The van der Waals surface area contributed by atoms with Crippen molar-refractivity contribution in [2.75, 3.05) is 48.6 Å². The number of alkyl halides is 3. The number of likely N-dealkylation sites (N-methyl/N-ethyl adjacent to an activating group) is 1. The highest BCUT2D eigenvalue weighted by Crippen LogP contribution is 2.59. The zero-order chi connectivity index (χ0) is 31.3. The summed E-state index contributed by atoms with van der Waals surface area (Å²) in [6.07, 6.45) is 0.125. The lowest BCUT2D eigenvalue weighted by Gasteiger charge is -2.28. The molecule has 0 fully saturated rings. The second-order valence-electron chi connectivity index (χ2n) is 9.43. The summed E-state index contributed by atoms with van der Waals surface area (Å²) >= 11 is 17.5. The minimum atomic E-state index is -4.10. The summed E-state index contributed by atoms with van der Waals surface area (Å²) in [4.78, 5) is 26.9. The molecule has 0 saturated heterocycles. The lowest BCUT2D eigenvalue weighted by atomic mass is 10.0. The molecule has 234 valence electrons. The monoisotopic (exact) mass is 667 g/mol. The van der Waals surface area contributed by atoms with Crippen LogP contribution in [0.5, 0.6) is 11.5 Å². The summed E-state index contributed by atoms with van der Waals surface area (Å²) in [6.45, 7) is 0.465. The van der Waals surface area contributed by atoms with Gasteiger partial charge in [0, 0.05) is 20.8 Å². The Hall–Kier alpha value is -2.04. The summed E-state index contributed by atoms with van der Waals surface area (Å²) in [5.41, 5.74) is 2.14. The van der Waals surface area contributed by atoms with Gasteiger partial charge in [-0.25, -0.2) is 0 Å². The molecule has 0 aliphatic carbocycles. The first-order valence-electron chi connectivity index (χ1n) is 13.0. The number of esters is 2. The first-order valence-corrected chi connectivity index (χ1v) is 15.7. The largest absolute Gasteiger partial charge is 0.497 e. The van der Waals surface area contributed by atoms with Crippen molar-refractivity contribution in [2.45, 2.75) is 41.4 Å². The molecule has 0 radical (unpaired) electrons. The topological polar surface area (TPSA) is 110 Å². The number of hydrogen-bond acceptors (Lipinski definition) is 10. The molecule has 0 aliphatic rings. The summed E-state index contributed by atoms with van der Waals surface area (Å²) in [5, 5.41) is 0. The van der Waals surface area contributed by atoms with E-state index in [0.29, 0.717) is 12.3 Å². The van der Waals surface area contributed by atoms with Gasteiger partial charge in [-0.05, 0) is 56.3 Å². The SMILES string of the molecule is COc1cccc(CCc2ccccc2OCC(CN(C)C)OC(=O)CCC(=O)OC(C(Cl)(Cl)Cl)P(=O)(OC)OC)c1. The van der Waals surface area contributed by atoms with Crippen LogP contribution < -0.4 is 9.47 Å². The predicted molar refractivity (Wildman–Crippen MR) is 162 cm³/mol. The molecule has 2 unspecified atom stereocenters. The molecule has 0 spiro atoms. The molecule has 2 atom stereocenters. The number of hydrogen-bond donors (Lipinski definition) is 0.